The molecule has 1 atom stereocenters. The van der Waals surface area contributed by atoms with Gasteiger partial charge in [-0.1, -0.05) is 43.3 Å². The van der Waals surface area contributed by atoms with E-state index in [1.165, 1.54) is 0 Å². The summed E-state index contributed by atoms with van der Waals surface area (Å²) < 4.78 is 0. The van der Waals surface area contributed by atoms with Crippen molar-refractivity contribution in [3.8, 4) is 0 Å². The van der Waals surface area contributed by atoms with Crippen molar-refractivity contribution in [3.05, 3.63) is 60.6 Å². The fourth-order valence-electron chi connectivity index (χ4n) is 1.20. The molecule has 0 aliphatic rings. The number of para-hydroxylation sites is 1. The van der Waals surface area contributed by atoms with Gasteiger partial charge in [-0.05, 0) is 18.2 Å². The van der Waals surface area contributed by atoms with E-state index in [0.29, 0.717) is 0 Å². The molecule has 78 valence electrons. The van der Waals surface area contributed by atoms with Crippen molar-refractivity contribution < 1.29 is 0 Å². The van der Waals surface area contributed by atoms with Crippen molar-refractivity contribution >= 4 is 22.0 Å². The highest BCUT2D eigenvalue weighted by molar-refractivity contribution is 8.17. The third-order valence-corrected chi connectivity index (χ3v) is 3.73. The van der Waals surface area contributed by atoms with Crippen molar-refractivity contribution in [1.82, 2.24) is 0 Å². The van der Waals surface area contributed by atoms with E-state index in [0.717, 1.165) is 15.5 Å². The first-order valence-electron chi connectivity index (χ1n) is 4.54. The van der Waals surface area contributed by atoms with Gasteiger partial charge in [-0.15, -0.1) is 10.5 Å². The first-order chi connectivity index (χ1) is 7.20. The second-order valence-electron chi connectivity index (χ2n) is 2.94. The molecule has 0 aliphatic carbocycles. The van der Waals surface area contributed by atoms with E-state index < -0.39 is 0 Å². The summed E-state index contributed by atoms with van der Waals surface area (Å²) in [4.78, 5) is 2.09. The van der Waals surface area contributed by atoms with Crippen LogP contribution < -0.4 is 5.73 Å². The molecule has 1 nitrogen and oxygen atoms in total. The van der Waals surface area contributed by atoms with Gasteiger partial charge in [0.15, 0.2) is 0 Å². The monoisotopic (exact) mass is 217 g/mol. The summed E-state index contributed by atoms with van der Waals surface area (Å²) in [6.07, 6.45) is 5.45. The Bertz CT molecular complexity index is 430. The molecule has 1 rings (SSSR count). The number of hydrogen-bond acceptors (Lipinski definition) is 1. The Kier molecular flexibility index (Phi) is 4.13. The fraction of sp³-hybridized carbons (Fsp3) is 0. The molecule has 15 heavy (non-hydrogen) atoms. The van der Waals surface area contributed by atoms with Crippen molar-refractivity contribution in [1.29, 1.82) is 0 Å². The van der Waals surface area contributed by atoms with Crippen molar-refractivity contribution in [2.75, 3.05) is 5.73 Å². The molecule has 2 heteroatoms. The van der Waals surface area contributed by atoms with Gasteiger partial charge in [0.25, 0.3) is 0 Å². The van der Waals surface area contributed by atoms with Crippen LogP contribution in [0.4, 0.5) is 5.69 Å². The molecular weight excluding hydrogens is 202 g/mol. The summed E-state index contributed by atoms with van der Waals surface area (Å²) >= 11 is 0. The molecule has 0 aliphatic heterocycles. The molecule has 0 heterocycles. The summed E-state index contributed by atoms with van der Waals surface area (Å²) in [5.74, 6) is 4.12. The maximum absolute atomic E-state index is 5.89. The molecule has 0 saturated carbocycles. The van der Waals surface area contributed by atoms with Gasteiger partial charge in [0.2, 0.25) is 0 Å². The summed E-state index contributed by atoms with van der Waals surface area (Å²) in [5, 5.41) is 0. The van der Waals surface area contributed by atoms with Crippen molar-refractivity contribution in [2.24, 2.45) is 0 Å². The minimum atomic E-state index is -0.286. The molecule has 0 aromatic heterocycles. The Morgan fingerprint density at radius 1 is 1.27 bits per heavy atom. The van der Waals surface area contributed by atoms with Crippen LogP contribution in [0.1, 0.15) is 0 Å². The standard InChI is InChI=1S/C13H15NS/c1-4-8-11(5-2)15(3)13-10-7-6-9-12(13)14/h4-10H,1-3,14H2/b11-8+. The van der Waals surface area contributed by atoms with Gasteiger partial charge in [-0.25, -0.2) is 0 Å². The number of allylic oxidation sites excluding steroid dienone is 3. The number of nitrogen functional groups attached to an aromatic ring is 1. The number of nitrogens with two attached hydrogens (primary N) is 1. The van der Waals surface area contributed by atoms with Crippen molar-refractivity contribution in [2.45, 2.75) is 4.90 Å². The van der Waals surface area contributed by atoms with Crippen LogP contribution in [0.2, 0.25) is 0 Å². The molecule has 0 saturated heterocycles. The van der Waals surface area contributed by atoms with Crippen LogP contribution in [0.25, 0.3) is 0 Å². The van der Waals surface area contributed by atoms with Gasteiger partial charge in [-0.3, -0.25) is 0 Å². The van der Waals surface area contributed by atoms with Crippen LogP contribution in [0.3, 0.4) is 0 Å². The van der Waals surface area contributed by atoms with Crippen LogP contribution in [0.15, 0.2) is 65.5 Å². The SMILES string of the molecule is C=C/C=C(\C=C)S(=C)c1ccccc1N. The van der Waals surface area contributed by atoms with Gasteiger partial charge in [0.05, 0.1) is 0 Å². The zero-order valence-electron chi connectivity index (χ0n) is 8.65. The largest absolute Gasteiger partial charge is 0.398 e. The second kappa shape index (κ2) is 5.37. The van der Waals surface area contributed by atoms with Gasteiger partial charge >= 0.3 is 0 Å². The Morgan fingerprint density at radius 3 is 2.47 bits per heavy atom. The third kappa shape index (κ3) is 2.70. The predicted octanol–water partition coefficient (Wildman–Crippen LogP) is 3.58. The number of benzene rings is 1. The van der Waals surface area contributed by atoms with E-state index in [9.17, 15) is 0 Å². The van der Waals surface area contributed by atoms with Crippen molar-refractivity contribution in [3.63, 3.8) is 0 Å². The molecule has 0 radical (unpaired) electrons. The van der Waals surface area contributed by atoms with Crippen LogP contribution in [-0.4, -0.2) is 5.87 Å². The zero-order valence-corrected chi connectivity index (χ0v) is 9.46. The van der Waals surface area contributed by atoms with Gasteiger partial charge in [0.1, 0.15) is 0 Å². The molecular formula is C13H15NS. The average molecular weight is 217 g/mol. The Labute approximate surface area is 93.6 Å². The number of anilines is 1. The van der Waals surface area contributed by atoms with E-state index in [-0.39, 0.29) is 10.5 Å². The fourth-order valence-corrected chi connectivity index (χ4v) is 2.51. The molecule has 2 N–H and O–H groups in total. The number of hydrogen-bond donors (Lipinski definition) is 1. The lowest BCUT2D eigenvalue weighted by Crippen LogP contribution is -1.89. The van der Waals surface area contributed by atoms with Crippen LogP contribution in [0.5, 0.6) is 0 Å². The first-order valence-corrected chi connectivity index (χ1v) is 5.93. The lowest BCUT2D eigenvalue weighted by Gasteiger charge is -2.10. The Morgan fingerprint density at radius 2 is 1.93 bits per heavy atom. The molecule has 1 aromatic rings. The molecule has 0 bridgehead atoms. The predicted molar refractivity (Wildman–Crippen MR) is 72.3 cm³/mol. The van der Waals surface area contributed by atoms with E-state index in [4.69, 9.17) is 5.73 Å². The minimum Gasteiger partial charge on any atom is -0.398 e. The van der Waals surface area contributed by atoms with Crippen LogP contribution in [-0.2, 0) is 0 Å². The van der Waals surface area contributed by atoms with Gasteiger partial charge < -0.3 is 5.73 Å². The molecule has 0 spiro atoms. The maximum atomic E-state index is 5.89. The average Bonchev–Trinajstić information content (AvgIpc) is 2.25. The maximum Gasteiger partial charge on any atom is 0.0450 e. The molecule has 0 amide bonds. The smallest absolute Gasteiger partial charge is 0.0450 e. The number of rotatable bonds is 4. The highest BCUT2D eigenvalue weighted by atomic mass is 32.2. The summed E-state index contributed by atoms with van der Waals surface area (Å²) in [7, 11) is -0.286. The Balaban J connectivity index is 3.14. The summed E-state index contributed by atoms with van der Waals surface area (Å²) in [6, 6.07) is 7.76. The van der Waals surface area contributed by atoms with E-state index >= 15 is 0 Å². The van der Waals surface area contributed by atoms with Gasteiger partial charge in [0, 0.05) is 15.5 Å². The minimum absolute atomic E-state index is 0.286. The second-order valence-corrected chi connectivity index (χ2v) is 4.63. The summed E-state index contributed by atoms with van der Waals surface area (Å²) in [6.45, 7) is 7.43. The lowest BCUT2D eigenvalue weighted by atomic mass is 10.3. The van der Waals surface area contributed by atoms with Crippen LogP contribution in [0, 0.1) is 0 Å². The topological polar surface area (TPSA) is 26.0 Å². The van der Waals surface area contributed by atoms with Crippen LogP contribution >= 0.6 is 10.5 Å². The van der Waals surface area contributed by atoms with E-state index in [1.54, 1.807) is 12.2 Å². The molecule has 1 aromatic carbocycles. The molecule has 1 unspecified atom stereocenters. The molecule has 0 fully saturated rings. The third-order valence-electron chi connectivity index (χ3n) is 1.95. The normalized spacial score (nSPS) is 13.2. The zero-order chi connectivity index (χ0) is 11.3. The highest BCUT2D eigenvalue weighted by Gasteiger charge is 2.03. The first kappa shape index (κ1) is 11.5. The quantitative estimate of drug-likeness (QED) is 0.465. The van der Waals surface area contributed by atoms with E-state index in [1.807, 2.05) is 30.3 Å². The summed E-state index contributed by atoms with van der Waals surface area (Å²) in [5.41, 5.74) is 6.66. The van der Waals surface area contributed by atoms with Gasteiger partial charge in [-0.2, -0.15) is 0 Å². The lowest BCUT2D eigenvalue weighted by molar-refractivity contribution is 1.46. The highest BCUT2D eigenvalue weighted by Crippen LogP contribution is 2.37. The van der Waals surface area contributed by atoms with E-state index in [2.05, 4.69) is 19.0 Å². The Hall–Kier alpha value is -1.54.